The molecule has 0 saturated heterocycles. The molecule has 0 bridgehead atoms. The lowest BCUT2D eigenvalue weighted by molar-refractivity contribution is 0.465. The van der Waals surface area contributed by atoms with Gasteiger partial charge in [-0.3, -0.25) is 0 Å². The number of hydrogen-bond acceptors (Lipinski definition) is 1. The van der Waals surface area contributed by atoms with Gasteiger partial charge in [-0.05, 0) is 32.4 Å². The molecule has 0 aliphatic carbocycles. The smallest absolute Gasteiger partial charge is 0.139 e. The predicted octanol–water partition coefficient (Wildman–Crippen LogP) is 4.00. The largest absolute Gasteiger partial charge is 0.506 e. The summed E-state index contributed by atoms with van der Waals surface area (Å²) in [5.74, 6) is 0.434. The van der Waals surface area contributed by atoms with E-state index in [9.17, 15) is 5.11 Å². The Morgan fingerprint density at radius 1 is 1.06 bits per heavy atom. The number of aromatic nitrogens is 1. The number of benzene rings is 1. The molecule has 0 atom stereocenters. The first-order valence-electron chi connectivity index (χ1n) is 5.62. The van der Waals surface area contributed by atoms with Crippen LogP contribution < -0.4 is 0 Å². The van der Waals surface area contributed by atoms with Crippen LogP contribution in [0.4, 0.5) is 0 Å². The molecule has 0 amide bonds. The molecule has 0 saturated carbocycles. The lowest BCUT2D eigenvalue weighted by Gasteiger charge is -2.08. The molecule has 2 heteroatoms. The molecular weight excluding hydrogens is 210 g/mol. The summed E-state index contributed by atoms with van der Waals surface area (Å²) in [5.41, 5.74) is 4.19. The van der Waals surface area contributed by atoms with Gasteiger partial charge in [0.05, 0.1) is 5.69 Å². The van der Waals surface area contributed by atoms with Crippen LogP contribution in [0.5, 0.6) is 5.75 Å². The maximum absolute atomic E-state index is 10.0. The van der Waals surface area contributed by atoms with Crippen molar-refractivity contribution in [2.75, 3.05) is 0 Å². The zero-order valence-corrected chi connectivity index (χ0v) is 9.99. The minimum atomic E-state index is 0. The summed E-state index contributed by atoms with van der Waals surface area (Å²) in [7, 11) is 0. The molecule has 1 N–H and O–H groups in total. The summed E-state index contributed by atoms with van der Waals surface area (Å²) < 4.78 is 2.11. The van der Waals surface area contributed by atoms with Gasteiger partial charge in [-0.15, -0.1) is 0 Å². The number of aromatic hydroxyl groups is 1. The molecule has 17 heavy (non-hydrogen) atoms. The maximum atomic E-state index is 10.0. The van der Waals surface area contributed by atoms with E-state index in [0.29, 0.717) is 5.75 Å². The molecular formula is C15H21NO. The minimum Gasteiger partial charge on any atom is -0.506 e. The third-order valence-corrected chi connectivity index (χ3v) is 3.10. The van der Waals surface area contributed by atoms with Crippen molar-refractivity contribution < 1.29 is 5.11 Å². The van der Waals surface area contributed by atoms with E-state index < -0.39 is 0 Å². The van der Waals surface area contributed by atoms with E-state index in [1.54, 1.807) is 0 Å². The van der Waals surface area contributed by atoms with E-state index in [2.05, 4.69) is 30.5 Å². The monoisotopic (exact) mass is 231 g/mol. The van der Waals surface area contributed by atoms with E-state index in [4.69, 9.17) is 0 Å². The molecule has 92 valence electrons. The van der Waals surface area contributed by atoms with E-state index in [1.807, 2.05) is 25.1 Å². The van der Waals surface area contributed by atoms with Crippen molar-refractivity contribution in [3.8, 4) is 11.4 Å². The van der Waals surface area contributed by atoms with Crippen LogP contribution in [0.25, 0.3) is 5.69 Å². The van der Waals surface area contributed by atoms with Crippen LogP contribution in [0.3, 0.4) is 0 Å². The highest BCUT2D eigenvalue weighted by Crippen LogP contribution is 2.31. The van der Waals surface area contributed by atoms with Crippen molar-refractivity contribution in [2.24, 2.45) is 0 Å². The van der Waals surface area contributed by atoms with E-state index in [0.717, 1.165) is 29.1 Å². The lowest BCUT2D eigenvalue weighted by atomic mass is 10.2. The van der Waals surface area contributed by atoms with Crippen molar-refractivity contribution in [3.05, 3.63) is 47.3 Å². The Kier molecular flexibility index (Phi) is 4.00. The summed E-state index contributed by atoms with van der Waals surface area (Å²) in [4.78, 5) is 0. The number of rotatable bonds is 2. The molecule has 2 aromatic rings. The normalized spacial score (nSPS) is 10.1. The van der Waals surface area contributed by atoms with Gasteiger partial charge in [0.2, 0.25) is 0 Å². The second-order valence-corrected chi connectivity index (χ2v) is 4.02. The summed E-state index contributed by atoms with van der Waals surface area (Å²) in [5, 5.41) is 10.0. The molecule has 0 spiro atoms. The Morgan fingerprint density at radius 2 is 1.65 bits per heavy atom. The zero-order chi connectivity index (χ0) is 11.7. The Balaban J connectivity index is 0.00000144. The van der Waals surface area contributed by atoms with Crippen LogP contribution in [-0.4, -0.2) is 9.67 Å². The number of hydrogen-bond donors (Lipinski definition) is 1. The van der Waals surface area contributed by atoms with Crippen molar-refractivity contribution >= 4 is 0 Å². The van der Waals surface area contributed by atoms with Crippen LogP contribution in [-0.2, 0) is 6.42 Å². The van der Waals surface area contributed by atoms with Crippen molar-refractivity contribution in [2.45, 2.75) is 34.6 Å². The Morgan fingerprint density at radius 3 is 2.12 bits per heavy atom. The standard InChI is InChI=1S/C14H17NO.CH4/c1-4-13-10(2)15(11(3)14(13)16)12-8-6-5-7-9-12;/h5-9,16H,4H2,1-3H3;1H4. The molecule has 0 unspecified atom stereocenters. The minimum absolute atomic E-state index is 0. The van der Waals surface area contributed by atoms with Gasteiger partial charge in [0, 0.05) is 16.9 Å². The third kappa shape index (κ3) is 2.07. The molecule has 0 aliphatic heterocycles. The van der Waals surface area contributed by atoms with Gasteiger partial charge < -0.3 is 9.67 Å². The Labute approximate surface area is 104 Å². The molecule has 2 nitrogen and oxygen atoms in total. The summed E-state index contributed by atoms with van der Waals surface area (Å²) in [6.07, 6.45) is 0.859. The van der Waals surface area contributed by atoms with Gasteiger partial charge >= 0.3 is 0 Å². The zero-order valence-electron chi connectivity index (χ0n) is 9.99. The predicted molar refractivity (Wildman–Crippen MR) is 73.0 cm³/mol. The molecule has 2 rings (SSSR count). The lowest BCUT2D eigenvalue weighted by Crippen LogP contribution is -1.98. The Bertz CT molecular complexity index is 497. The molecule has 1 aromatic carbocycles. The van der Waals surface area contributed by atoms with Crippen molar-refractivity contribution in [3.63, 3.8) is 0 Å². The van der Waals surface area contributed by atoms with Crippen LogP contribution in [0.15, 0.2) is 30.3 Å². The highest BCUT2D eigenvalue weighted by atomic mass is 16.3. The van der Waals surface area contributed by atoms with Crippen LogP contribution in [0.1, 0.15) is 31.3 Å². The van der Waals surface area contributed by atoms with E-state index >= 15 is 0 Å². The quantitative estimate of drug-likeness (QED) is 0.830. The first-order chi connectivity index (χ1) is 7.66. The highest BCUT2D eigenvalue weighted by Gasteiger charge is 2.15. The third-order valence-electron chi connectivity index (χ3n) is 3.10. The molecule has 0 aliphatic rings. The fourth-order valence-electron chi connectivity index (χ4n) is 2.27. The Hall–Kier alpha value is -1.70. The maximum Gasteiger partial charge on any atom is 0.139 e. The van der Waals surface area contributed by atoms with E-state index in [1.165, 1.54) is 0 Å². The number of para-hydroxylation sites is 1. The molecule has 0 radical (unpaired) electrons. The van der Waals surface area contributed by atoms with Crippen LogP contribution >= 0.6 is 0 Å². The second kappa shape index (κ2) is 5.09. The van der Waals surface area contributed by atoms with Gasteiger partial charge in [0.25, 0.3) is 0 Å². The van der Waals surface area contributed by atoms with Crippen molar-refractivity contribution in [1.29, 1.82) is 0 Å². The van der Waals surface area contributed by atoms with Crippen LogP contribution in [0.2, 0.25) is 0 Å². The fourth-order valence-corrected chi connectivity index (χ4v) is 2.27. The first kappa shape index (κ1) is 13.4. The fraction of sp³-hybridized carbons (Fsp3) is 0.333. The average molecular weight is 231 g/mol. The summed E-state index contributed by atoms with van der Waals surface area (Å²) in [6.45, 7) is 6.07. The van der Waals surface area contributed by atoms with Gasteiger partial charge in [-0.2, -0.15) is 0 Å². The SMILES string of the molecule is C.CCc1c(O)c(C)n(-c2ccccc2)c1C. The average Bonchev–Trinajstić information content (AvgIpc) is 2.51. The highest BCUT2D eigenvalue weighted by molar-refractivity contribution is 5.49. The molecule has 1 aromatic heterocycles. The van der Waals surface area contributed by atoms with Gasteiger partial charge in [-0.1, -0.05) is 32.5 Å². The van der Waals surface area contributed by atoms with Gasteiger partial charge in [-0.25, -0.2) is 0 Å². The van der Waals surface area contributed by atoms with Crippen LogP contribution in [0, 0.1) is 13.8 Å². The number of nitrogens with zero attached hydrogens (tertiary/aromatic N) is 1. The second-order valence-electron chi connectivity index (χ2n) is 4.02. The van der Waals surface area contributed by atoms with Gasteiger partial charge in [0.1, 0.15) is 5.75 Å². The van der Waals surface area contributed by atoms with Crippen molar-refractivity contribution in [1.82, 2.24) is 4.57 Å². The summed E-state index contributed by atoms with van der Waals surface area (Å²) in [6, 6.07) is 10.1. The summed E-state index contributed by atoms with van der Waals surface area (Å²) >= 11 is 0. The molecule has 1 heterocycles. The first-order valence-corrected chi connectivity index (χ1v) is 5.62. The molecule has 0 fully saturated rings. The topological polar surface area (TPSA) is 25.2 Å². The van der Waals surface area contributed by atoms with Gasteiger partial charge in [0.15, 0.2) is 0 Å². The van der Waals surface area contributed by atoms with E-state index in [-0.39, 0.29) is 7.43 Å².